The number of para-hydroxylation sites is 1. The minimum Gasteiger partial charge on any atom is -0.488 e. The van der Waals surface area contributed by atoms with Crippen molar-refractivity contribution in [1.82, 2.24) is 0 Å². The van der Waals surface area contributed by atoms with Crippen LogP contribution in [-0.4, -0.2) is 10.2 Å². The molecule has 0 spiro atoms. The number of benzene rings is 4. The SMILES string of the molecule is O=C1/C(=C\c2ccccc2OCc2ccc(F)cc2)SC(=S)N1c1cccc2ccccc12. The number of halogens is 1. The van der Waals surface area contributed by atoms with Gasteiger partial charge in [-0.3, -0.25) is 9.69 Å². The quantitative estimate of drug-likeness (QED) is 0.232. The Bertz CT molecular complexity index is 1390. The molecule has 162 valence electrons. The van der Waals surface area contributed by atoms with Gasteiger partial charge in [-0.25, -0.2) is 4.39 Å². The number of nitrogens with zero attached hydrogens (tertiary/aromatic N) is 1. The molecule has 1 heterocycles. The molecule has 5 rings (SSSR count). The van der Waals surface area contributed by atoms with E-state index in [1.165, 1.54) is 23.9 Å². The van der Waals surface area contributed by atoms with E-state index in [0.29, 0.717) is 21.6 Å². The Labute approximate surface area is 200 Å². The number of hydrogen-bond acceptors (Lipinski definition) is 4. The first-order valence-electron chi connectivity index (χ1n) is 10.3. The predicted molar refractivity (Wildman–Crippen MR) is 137 cm³/mol. The molecule has 0 bridgehead atoms. The number of thiocarbonyl (C=S) groups is 1. The van der Waals surface area contributed by atoms with Crippen molar-refractivity contribution in [3.8, 4) is 5.75 Å². The normalized spacial score (nSPS) is 14.9. The number of anilines is 1. The summed E-state index contributed by atoms with van der Waals surface area (Å²) >= 11 is 6.86. The zero-order valence-corrected chi connectivity index (χ0v) is 19.0. The molecule has 0 atom stereocenters. The molecular formula is C27H18FNO2S2. The average Bonchev–Trinajstić information content (AvgIpc) is 3.11. The van der Waals surface area contributed by atoms with E-state index >= 15 is 0 Å². The topological polar surface area (TPSA) is 29.5 Å². The Morgan fingerprint density at radius 1 is 0.909 bits per heavy atom. The third-order valence-electron chi connectivity index (χ3n) is 5.31. The Kier molecular flexibility index (Phi) is 5.94. The Balaban J connectivity index is 1.43. The Morgan fingerprint density at radius 3 is 2.48 bits per heavy atom. The van der Waals surface area contributed by atoms with Gasteiger partial charge >= 0.3 is 0 Å². The summed E-state index contributed by atoms with van der Waals surface area (Å²) in [7, 11) is 0. The van der Waals surface area contributed by atoms with Crippen molar-refractivity contribution >= 4 is 56.7 Å². The van der Waals surface area contributed by atoms with Crippen LogP contribution in [0.5, 0.6) is 5.75 Å². The lowest BCUT2D eigenvalue weighted by atomic mass is 10.1. The largest absolute Gasteiger partial charge is 0.488 e. The highest BCUT2D eigenvalue weighted by atomic mass is 32.2. The lowest BCUT2D eigenvalue weighted by molar-refractivity contribution is -0.113. The Morgan fingerprint density at radius 2 is 1.64 bits per heavy atom. The molecule has 3 nitrogen and oxygen atoms in total. The van der Waals surface area contributed by atoms with Crippen LogP contribution in [0.25, 0.3) is 16.8 Å². The van der Waals surface area contributed by atoms with E-state index in [2.05, 4.69) is 0 Å². The average molecular weight is 472 g/mol. The zero-order chi connectivity index (χ0) is 22.8. The molecule has 0 N–H and O–H groups in total. The maximum Gasteiger partial charge on any atom is 0.270 e. The molecule has 33 heavy (non-hydrogen) atoms. The number of amides is 1. The van der Waals surface area contributed by atoms with E-state index in [1.54, 1.807) is 17.0 Å². The highest BCUT2D eigenvalue weighted by Crippen LogP contribution is 2.39. The van der Waals surface area contributed by atoms with Gasteiger partial charge in [0.05, 0.1) is 10.6 Å². The molecule has 0 unspecified atom stereocenters. The van der Waals surface area contributed by atoms with Crippen molar-refractivity contribution < 1.29 is 13.9 Å². The monoisotopic (exact) mass is 471 g/mol. The van der Waals surface area contributed by atoms with Crippen LogP contribution in [-0.2, 0) is 11.4 Å². The minimum atomic E-state index is -0.285. The van der Waals surface area contributed by atoms with Gasteiger partial charge in [0, 0.05) is 10.9 Å². The molecule has 1 fully saturated rings. The summed E-state index contributed by atoms with van der Waals surface area (Å²) in [5.74, 6) is 0.194. The van der Waals surface area contributed by atoms with Crippen molar-refractivity contribution in [2.24, 2.45) is 0 Å². The van der Waals surface area contributed by atoms with Crippen LogP contribution in [0.15, 0.2) is 95.9 Å². The number of carbonyl (C=O) groups excluding carboxylic acids is 1. The van der Waals surface area contributed by atoms with Gasteiger partial charge in [-0.1, -0.05) is 90.7 Å². The first-order chi connectivity index (χ1) is 16.1. The first kappa shape index (κ1) is 21.4. The second-order valence-electron chi connectivity index (χ2n) is 7.47. The molecule has 0 radical (unpaired) electrons. The number of ether oxygens (including phenoxy) is 1. The summed E-state index contributed by atoms with van der Waals surface area (Å²) in [5, 5.41) is 2.02. The van der Waals surface area contributed by atoms with Gasteiger partial charge in [-0.2, -0.15) is 0 Å². The van der Waals surface area contributed by atoms with Crippen LogP contribution < -0.4 is 9.64 Å². The number of hydrogen-bond donors (Lipinski definition) is 0. The lowest BCUT2D eigenvalue weighted by Gasteiger charge is -2.17. The van der Waals surface area contributed by atoms with E-state index < -0.39 is 0 Å². The van der Waals surface area contributed by atoms with Crippen molar-refractivity contribution in [3.05, 3.63) is 113 Å². The number of fused-ring (bicyclic) bond motifs is 1. The number of rotatable bonds is 5. The van der Waals surface area contributed by atoms with Crippen LogP contribution in [0.2, 0.25) is 0 Å². The molecule has 6 heteroatoms. The third kappa shape index (κ3) is 4.40. The van der Waals surface area contributed by atoms with Crippen molar-refractivity contribution in [2.45, 2.75) is 6.61 Å². The summed E-state index contributed by atoms with van der Waals surface area (Å²) in [6.45, 7) is 0.294. The molecular weight excluding hydrogens is 453 g/mol. The van der Waals surface area contributed by atoms with Gasteiger partial charge < -0.3 is 4.74 Å². The summed E-state index contributed by atoms with van der Waals surface area (Å²) in [5.41, 5.74) is 2.41. The molecule has 4 aromatic rings. The molecule has 0 aliphatic carbocycles. The van der Waals surface area contributed by atoms with E-state index in [0.717, 1.165) is 27.6 Å². The van der Waals surface area contributed by atoms with Crippen molar-refractivity contribution in [1.29, 1.82) is 0 Å². The summed E-state index contributed by atoms with van der Waals surface area (Å²) in [6.07, 6.45) is 1.81. The fourth-order valence-corrected chi connectivity index (χ4v) is 4.97. The molecule has 1 saturated heterocycles. The van der Waals surface area contributed by atoms with Crippen LogP contribution in [0.1, 0.15) is 11.1 Å². The first-order valence-corrected chi connectivity index (χ1v) is 11.5. The summed E-state index contributed by atoms with van der Waals surface area (Å²) < 4.78 is 19.6. The fraction of sp³-hybridized carbons (Fsp3) is 0.0370. The van der Waals surface area contributed by atoms with Crippen LogP contribution >= 0.6 is 24.0 Å². The van der Waals surface area contributed by atoms with E-state index in [9.17, 15) is 9.18 Å². The Hall–Kier alpha value is -3.48. The summed E-state index contributed by atoms with van der Waals surface area (Å²) in [4.78, 5) is 15.5. The summed E-state index contributed by atoms with van der Waals surface area (Å²) in [6, 6.07) is 27.5. The van der Waals surface area contributed by atoms with Gasteiger partial charge in [-0.15, -0.1) is 0 Å². The maximum atomic E-state index is 13.4. The second kappa shape index (κ2) is 9.17. The smallest absolute Gasteiger partial charge is 0.270 e. The van der Waals surface area contributed by atoms with Crippen LogP contribution in [0.4, 0.5) is 10.1 Å². The molecule has 0 saturated carbocycles. The maximum absolute atomic E-state index is 13.4. The van der Waals surface area contributed by atoms with Crippen molar-refractivity contribution in [3.63, 3.8) is 0 Å². The molecule has 0 aromatic heterocycles. The van der Waals surface area contributed by atoms with Gasteiger partial charge in [0.15, 0.2) is 4.32 Å². The molecule has 4 aromatic carbocycles. The van der Waals surface area contributed by atoms with Gasteiger partial charge in [0.2, 0.25) is 0 Å². The fourth-order valence-electron chi connectivity index (χ4n) is 3.69. The van der Waals surface area contributed by atoms with Gasteiger partial charge in [0.1, 0.15) is 18.2 Å². The van der Waals surface area contributed by atoms with Crippen LogP contribution in [0.3, 0.4) is 0 Å². The van der Waals surface area contributed by atoms with Gasteiger partial charge in [-0.05, 0) is 41.3 Å². The minimum absolute atomic E-state index is 0.158. The highest BCUT2D eigenvalue weighted by molar-refractivity contribution is 8.27. The predicted octanol–water partition coefficient (Wildman–Crippen LogP) is 6.96. The van der Waals surface area contributed by atoms with E-state index in [-0.39, 0.29) is 11.7 Å². The standard InChI is InChI=1S/C27H18FNO2S2/c28-21-14-12-18(13-15-21)17-31-24-11-4-2-7-20(24)16-25-26(30)29(27(32)33-25)23-10-5-8-19-6-1-3-9-22(19)23/h1-16H,17H2/b25-16+. The third-order valence-corrected chi connectivity index (χ3v) is 6.62. The lowest BCUT2D eigenvalue weighted by Crippen LogP contribution is -2.27. The van der Waals surface area contributed by atoms with E-state index in [4.69, 9.17) is 17.0 Å². The highest BCUT2D eigenvalue weighted by Gasteiger charge is 2.34. The number of carbonyl (C=O) groups is 1. The molecule has 1 aliphatic heterocycles. The van der Waals surface area contributed by atoms with Crippen LogP contribution in [0, 0.1) is 5.82 Å². The number of thioether (sulfide) groups is 1. The zero-order valence-electron chi connectivity index (χ0n) is 17.4. The van der Waals surface area contributed by atoms with E-state index in [1.807, 2.05) is 72.8 Å². The van der Waals surface area contributed by atoms with Gasteiger partial charge in [0.25, 0.3) is 5.91 Å². The van der Waals surface area contributed by atoms with Crippen molar-refractivity contribution in [2.75, 3.05) is 4.90 Å². The molecule has 1 aliphatic rings. The second-order valence-corrected chi connectivity index (χ2v) is 9.14. The molecule has 1 amide bonds.